The standard InChI is InChI=1S/C48H66N10O14/c1-24(2)16-32(53-43(66)33(19-27-22-51-31-9-6-5-8-29(27)31)54-44(67)34(21-40(62)63)52-41(64)30(49)20-39(50)61)42(65)55-35(17-25(3)4)47(70)58-15-7-10-38(58)46(69)57-37(23-59)45(68)56-36(48(71)72)18-26-11-13-28(60)14-12-26/h5-6,8-9,11-14,22,24-25,30,32-38,51,59-60H,7,10,15-21,23,49H2,1-4H3,(H2,50,61)(H,52,64)(H,53,66)(H,54,67)(H,55,65)(H,56,68)(H,57,69)(H,62,63)(H,71,72)/t30-,32-,33-,34-,35-,36-,37-,38-/m0/s1. The number of aliphatic hydroxyl groups excluding tert-OH is 1. The molecule has 1 aliphatic rings. The van der Waals surface area contributed by atoms with Gasteiger partial charge < -0.3 is 73.7 Å². The highest BCUT2D eigenvalue weighted by molar-refractivity contribution is 5.99. The summed E-state index contributed by atoms with van der Waals surface area (Å²) in [5.74, 6) is -10.6. The Balaban J connectivity index is 1.55. The molecular formula is C48H66N10O14. The van der Waals surface area contributed by atoms with Gasteiger partial charge in [0, 0.05) is 36.5 Å². The van der Waals surface area contributed by atoms with Gasteiger partial charge >= 0.3 is 11.9 Å². The number of likely N-dealkylation sites (tertiary alicyclic amines) is 1. The average molecular weight is 1010 g/mol. The number of aromatic amines is 1. The van der Waals surface area contributed by atoms with Crippen LogP contribution in [0.5, 0.6) is 5.75 Å². The van der Waals surface area contributed by atoms with Crippen LogP contribution >= 0.6 is 0 Å². The first-order valence-electron chi connectivity index (χ1n) is 23.5. The molecule has 3 aromatic rings. The minimum absolute atomic E-state index is 0.0282. The maximum absolute atomic E-state index is 14.4. The number of aromatic hydroxyl groups is 1. The number of rotatable bonds is 27. The number of aliphatic carboxylic acids is 2. The van der Waals surface area contributed by atoms with Gasteiger partial charge in [0.1, 0.15) is 48.0 Å². The Hall–Kier alpha value is -7.60. The summed E-state index contributed by atoms with van der Waals surface area (Å²) in [5.41, 5.74) is 12.6. The zero-order valence-corrected chi connectivity index (χ0v) is 40.5. The van der Waals surface area contributed by atoms with E-state index in [1.54, 1.807) is 58.2 Å². The van der Waals surface area contributed by atoms with Crippen LogP contribution in [0.25, 0.3) is 10.9 Å². The summed E-state index contributed by atoms with van der Waals surface area (Å²) < 4.78 is 0. The van der Waals surface area contributed by atoms with E-state index < -0.39 is 127 Å². The lowest BCUT2D eigenvalue weighted by Crippen LogP contribution is -2.60. The number of nitrogens with zero attached hydrogens (tertiary/aromatic N) is 1. The molecule has 0 radical (unpaired) electrons. The number of nitrogens with two attached hydrogens (primary N) is 2. The Labute approximate surface area is 414 Å². The fourth-order valence-corrected chi connectivity index (χ4v) is 8.22. The van der Waals surface area contributed by atoms with E-state index in [1.165, 1.54) is 29.2 Å². The molecule has 2 heterocycles. The van der Waals surface area contributed by atoms with Crippen LogP contribution in [-0.4, -0.2) is 151 Å². The number of amides is 8. The van der Waals surface area contributed by atoms with Crippen molar-refractivity contribution in [2.24, 2.45) is 23.3 Å². The van der Waals surface area contributed by atoms with Gasteiger partial charge in [0.25, 0.3) is 0 Å². The lowest BCUT2D eigenvalue weighted by atomic mass is 9.98. The second kappa shape index (κ2) is 26.6. The number of aliphatic hydroxyl groups is 1. The highest BCUT2D eigenvalue weighted by Gasteiger charge is 2.41. The number of carbonyl (C=O) groups excluding carboxylic acids is 8. The van der Waals surface area contributed by atoms with Gasteiger partial charge in [-0.1, -0.05) is 58.0 Å². The number of fused-ring (bicyclic) bond motifs is 1. The smallest absolute Gasteiger partial charge is 0.326 e. The van der Waals surface area contributed by atoms with E-state index in [2.05, 4.69) is 36.9 Å². The summed E-state index contributed by atoms with van der Waals surface area (Å²) in [7, 11) is 0. The van der Waals surface area contributed by atoms with Crippen molar-refractivity contribution in [2.75, 3.05) is 13.2 Å². The van der Waals surface area contributed by atoms with E-state index in [-0.39, 0.29) is 56.2 Å². The summed E-state index contributed by atoms with van der Waals surface area (Å²) in [6.07, 6.45) is 0.279. The minimum atomic E-state index is -1.78. The molecule has 15 N–H and O–H groups in total. The number of carbonyl (C=O) groups is 10. The molecule has 0 unspecified atom stereocenters. The van der Waals surface area contributed by atoms with Crippen molar-refractivity contribution in [2.45, 2.75) is 127 Å². The van der Waals surface area contributed by atoms with Gasteiger partial charge in [0.2, 0.25) is 47.3 Å². The van der Waals surface area contributed by atoms with E-state index in [0.29, 0.717) is 28.5 Å². The quantitative estimate of drug-likeness (QED) is 0.0409. The van der Waals surface area contributed by atoms with Crippen LogP contribution in [0.3, 0.4) is 0 Å². The van der Waals surface area contributed by atoms with Crippen molar-refractivity contribution in [1.29, 1.82) is 0 Å². The Morgan fingerprint density at radius 3 is 1.85 bits per heavy atom. The zero-order chi connectivity index (χ0) is 53.4. The van der Waals surface area contributed by atoms with Gasteiger partial charge in [-0.3, -0.25) is 43.2 Å². The molecule has 1 saturated heterocycles. The average Bonchev–Trinajstić information content (AvgIpc) is 3.97. The number of aromatic nitrogens is 1. The van der Waals surface area contributed by atoms with Crippen molar-refractivity contribution in [3.8, 4) is 5.75 Å². The highest BCUT2D eigenvalue weighted by Crippen LogP contribution is 2.23. The summed E-state index contributed by atoms with van der Waals surface area (Å²) >= 11 is 0. The van der Waals surface area contributed by atoms with Crippen molar-refractivity contribution in [3.63, 3.8) is 0 Å². The number of carboxylic acids is 2. The molecule has 4 rings (SSSR count). The van der Waals surface area contributed by atoms with Gasteiger partial charge in [0.05, 0.1) is 25.5 Å². The Morgan fingerprint density at radius 2 is 1.24 bits per heavy atom. The topological polar surface area (TPSA) is 395 Å². The molecule has 0 bridgehead atoms. The lowest BCUT2D eigenvalue weighted by Gasteiger charge is -2.31. The fraction of sp³-hybridized carbons (Fsp3) is 0.500. The summed E-state index contributed by atoms with van der Waals surface area (Å²) in [5, 5.41) is 54.7. The Kier molecular flexibility index (Phi) is 21.0. The number of para-hydroxylation sites is 1. The maximum atomic E-state index is 14.4. The second-order valence-corrected chi connectivity index (χ2v) is 18.6. The number of phenols is 1. The predicted octanol–water partition coefficient (Wildman–Crippen LogP) is -1.60. The molecule has 1 aliphatic heterocycles. The van der Waals surface area contributed by atoms with Gasteiger partial charge in [-0.2, -0.15) is 0 Å². The molecule has 8 atom stereocenters. The number of primary amides is 1. The van der Waals surface area contributed by atoms with Crippen LogP contribution in [0.15, 0.2) is 54.7 Å². The molecule has 72 heavy (non-hydrogen) atoms. The summed E-state index contributed by atoms with van der Waals surface area (Å²) in [4.78, 5) is 136. The lowest BCUT2D eigenvalue weighted by molar-refractivity contribution is -0.144. The van der Waals surface area contributed by atoms with Crippen LogP contribution in [0, 0.1) is 11.8 Å². The number of phenolic OH excluding ortho intramolecular Hbond substituents is 1. The van der Waals surface area contributed by atoms with Crippen LogP contribution in [0.4, 0.5) is 0 Å². The molecule has 24 heteroatoms. The predicted molar refractivity (Wildman–Crippen MR) is 258 cm³/mol. The first kappa shape index (κ1) is 57.0. The highest BCUT2D eigenvalue weighted by atomic mass is 16.4. The Morgan fingerprint density at radius 1 is 0.681 bits per heavy atom. The van der Waals surface area contributed by atoms with Crippen molar-refractivity contribution in [3.05, 3.63) is 65.9 Å². The first-order chi connectivity index (χ1) is 34.0. The van der Waals surface area contributed by atoms with Gasteiger partial charge in [0.15, 0.2) is 0 Å². The summed E-state index contributed by atoms with van der Waals surface area (Å²) in [6, 6.07) is 1.11. The van der Waals surface area contributed by atoms with Crippen LogP contribution in [0.2, 0.25) is 0 Å². The molecular weight excluding hydrogens is 941 g/mol. The van der Waals surface area contributed by atoms with Crippen molar-refractivity contribution < 1.29 is 68.4 Å². The first-order valence-corrected chi connectivity index (χ1v) is 23.5. The zero-order valence-electron chi connectivity index (χ0n) is 40.5. The number of carboxylic acid groups (broad SMARTS) is 2. The molecule has 2 aromatic carbocycles. The van der Waals surface area contributed by atoms with Crippen LogP contribution in [0.1, 0.15) is 77.3 Å². The third-order valence-corrected chi connectivity index (χ3v) is 11.8. The van der Waals surface area contributed by atoms with E-state index in [4.69, 9.17) is 11.5 Å². The van der Waals surface area contributed by atoms with E-state index in [1.807, 2.05) is 0 Å². The van der Waals surface area contributed by atoms with Gasteiger partial charge in [-0.05, 0) is 66.8 Å². The molecule has 0 aliphatic carbocycles. The van der Waals surface area contributed by atoms with E-state index >= 15 is 0 Å². The molecule has 8 amide bonds. The van der Waals surface area contributed by atoms with Gasteiger partial charge in [-0.25, -0.2) is 4.79 Å². The fourth-order valence-electron chi connectivity index (χ4n) is 8.22. The molecule has 0 spiro atoms. The summed E-state index contributed by atoms with van der Waals surface area (Å²) in [6.45, 7) is 6.31. The van der Waals surface area contributed by atoms with Crippen LogP contribution < -0.4 is 43.4 Å². The van der Waals surface area contributed by atoms with Gasteiger partial charge in [-0.15, -0.1) is 0 Å². The third kappa shape index (κ3) is 16.8. The molecule has 0 saturated carbocycles. The second-order valence-electron chi connectivity index (χ2n) is 18.6. The molecule has 24 nitrogen and oxygen atoms in total. The van der Waals surface area contributed by atoms with Crippen molar-refractivity contribution in [1.82, 2.24) is 41.8 Å². The largest absolute Gasteiger partial charge is 0.508 e. The molecule has 1 aromatic heterocycles. The van der Waals surface area contributed by atoms with Crippen LogP contribution in [-0.2, 0) is 60.8 Å². The van der Waals surface area contributed by atoms with E-state index in [9.17, 15) is 68.4 Å². The number of benzene rings is 2. The van der Waals surface area contributed by atoms with Crippen molar-refractivity contribution >= 4 is 70.1 Å². The number of nitrogens with one attached hydrogen (secondary N) is 7. The number of hydrogen-bond acceptors (Lipinski definition) is 13. The SMILES string of the molecule is CC(C)C[C@H](NC(=O)[C@H](Cc1c[nH]c2ccccc12)NC(=O)[C@H](CC(=O)O)NC(=O)[C@@H](N)CC(N)=O)C(=O)N[C@@H](CC(C)C)C(=O)N1CCC[C@H]1C(=O)N[C@@H](CO)C(=O)N[C@@H](Cc1ccc(O)cc1)C(=O)O. The monoisotopic (exact) mass is 1010 g/mol. The van der Waals surface area contributed by atoms with E-state index in [0.717, 1.165) is 0 Å². The number of hydrogen-bond donors (Lipinski definition) is 13. The molecule has 1 fully saturated rings. The Bertz CT molecular complexity index is 2440. The third-order valence-electron chi connectivity index (χ3n) is 11.8. The minimum Gasteiger partial charge on any atom is -0.508 e. The normalized spacial score (nSPS) is 16.3. The number of H-pyrrole nitrogens is 1. The molecule has 392 valence electrons. The maximum Gasteiger partial charge on any atom is 0.326 e.